The average Bonchev–Trinajstić information content (AvgIpc) is 2.23. The van der Waals surface area contributed by atoms with E-state index in [4.69, 9.17) is 30.2 Å². The molecule has 14 heavy (non-hydrogen) atoms. The summed E-state index contributed by atoms with van der Waals surface area (Å²) in [5, 5.41) is 0. The highest BCUT2D eigenvalue weighted by atomic mass is 35.5. The lowest BCUT2D eigenvalue weighted by molar-refractivity contribution is -0.339. The number of alkyl halides is 1. The van der Waals surface area contributed by atoms with Crippen molar-refractivity contribution in [3.63, 3.8) is 0 Å². The molecule has 0 aromatic carbocycles. The lowest BCUT2D eigenvalue weighted by Crippen LogP contribution is -2.42. The van der Waals surface area contributed by atoms with Crippen LogP contribution >= 0.6 is 11.6 Å². The zero-order chi connectivity index (χ0) is 10.9. The van der Waals surface area contributed by atoms with Crippen molar-refractivity contribution in [2.45, 2.75) is 18.4 Å². The zero-order valence-electron chi connectivity index (χ0n) is 8.84. The lowest BCUT2D eigenvalue weighted by atomic mass is 10.6. The van der Waals surface area contributed by atoms with Crippen LogP contribution < -0.4 is 0 Å². The molecule has 0 bridgehead atoms. The molecule has 6 heteroatoms. The standard InChI is InChI=1S/C8H17ClO4Si/c1-10-7-8(11-2,12-3)13-14-6-4-5-9/h4-7H2,1-3H3. The van der Waals surface area contributed by atoms with Crippen molar-refractivity contribution >= 4 is 21.4 Å². The normalized spacial score (nSPS) is 12.0. The first kappa shape index (κ1) is 14.3. The molecule has 0 aromatic rings. The Morgan fingerprint density at radius 1 is 1.21 bits per heavy atom. The molecule has 0 saturated carbocycles. The van der Waals surface area contributed by atoms with Gasteiger partial charge in [-0.2, -0.15) is 0 Å². The molecule has 0 aliphatic heterocycles. The highest BCUT2D eigenvalue weighted by molar-refractivity contribution is 6.27. The fourth-order valence-electron chi connectivity index (χ4n) is 0.791. The molecule has 0 fully saturated rings. The predicted octanol–water partition coefficient (Wildman–Crippen LogP) is 1.26. The molecule has 0 atom stereocenters. The van der Waals surface area contributed by atoms with Crippen LogP contribution in [0.15, 0.2) is 0 Å². The summed E-state index contributed by atoms with van der Waals surface area (Å²) < 4.78 is 20.6. The molecule has 0 aromatic heterocycles. The fraction of sp³-hybridized carbons (Fsp3) is 1.00. The van der Waals surface area contributed by atoms with E-state index in [9.17, 15) is 0 Å². The van der Waals surface area contributed by atoms with Crippen molar-refractivity contribution in [2.24, 2.45) is 0 Å². The number of methoxy groups -OCH3 is 3. The topological polar surface area (TPSA) is 36.9 Å². The van der Waals surface area contributed by atoms with E-state index in [1.54, 1.807) is 7.11 Å². The van der Waals surface area contributed by atoms with Crippen molar-refractivity contribution in [3.8, 4) is 0 Å². The van der Waals surface area contributed by atoms with Gasteiger partial charge in [-0.25, -0.2) is 0 Å². The smallest absolute Gasteiger partial charge is 0.297 e. The van der Waals surface area contributed by atoms with Gasteiger partial charge in [0.25, 0.3) is 5.97 Å². The first-order valence-corrected chi connectivity index (χ1v) is 5.95. The van der Waals surface area contributed by atoms with E-state index in [0.717, 1.165) is 12.5 Å². The van der Waals surface area contributed by atoms with Crippen LogP contribution in [0.3, 0.4) is 0 Å². The summed E-state index contributed by atoms with van der Waals surface area (Å²) in [6.45, 7) is 0.244. The Hall–Kier alpha value is 0.347. The summed E-state index contributed by atoms with van der Waals surface area (Å²) in [4.78, 5) is 0. The van der Waals surface area contributed by atoms with Gasteiger partial charge < -0.3 is 18.6 Å². The Morgan fingerprint density at radius 2 is 1.86 bits per heavy atom. The van der Waals surface area contributed by atoms with Gasteiger partial charge in [0.1, 0.15) is 6.61 Å². The van der Waals surface area contributed by atoms with E-state index >= 15 is 0 Å². The molecule has 0 amide bonds. The zero-order valence-corrected chi connectivity index (χ0v) is 10.6. The summed E-state index contributed by atoms with van der Waals surface area (Å²) in [6.07, 6.45) is 0.927. The van der Waals surface area contributed by atoms with Gasteiger partial charge in [-0.15, -0.1) is 11.6 Å². The number of halogens is 1. The van der Waals surface area contributed by atoms with Crippen molar-refractivity contribution < 1.29 is 18.6 Å². The van der Waals surface area contributed by atoms with E-state index in [-0.39, 0.29) is 6.61 Å². The Balaban J connectivity index is 3.82. The van der Waals surface area contributed by atoms with Crippen LogP contribution in [0.25, 0.3) is 0 Å². The predicted molar refractivity (Wildman–Crippen MR) is 55.6 cm³/mol. The molecular weight excluding hydrogens is 224 g/mol. The molecule has 4 nitrogen and oxygen atoms in total. The van der Waals surface area contributed by atoms with Gasteiger partial charge in [0.05, 0.1) is 0 Å². The van der Waals surface area contributed by atoms with Gasteiger partial charge in [0.15, 0.2) is 0 Å². The largest absolute Gasteiger partial charge is 0.376 e. The van der Waals surface area contributed by atoms with Gasteiger partial charge >= 0.3 is 0 Å². The number of rotatable bonds is 9. The van der Waals surface area contributed by atoms with Crippen LogP contribution in [-0.2, 0) is 18.6 Å². The Morgan fingerprint density at radius 3 is 2.29 bits per heavy atom. The van der Waals surface area contributed by atoms with Gasteiger partial charge in [-0.1, -0.05) is 0 Å². The second-order valence-corrected chi connectivity index (χ2v) is 3.93. The van der Waals surface area contributed by atoms with E-state index < -0.39 is 5.97 Å². The highest BCUT2D eigenvalue weighted by Crippen LogP contribution is 2.13. The molecule has 84 valence electrons. The Labute approximate surface area is 92.7 Å². The monoisotopic (exact) mass is 240 g/mol. The van der Waals surface area contributed by atoms with Crippen LogP contribution in [-0.4, -0.2) is 49.6 Å². The maximum Gasteiger partial charge on any atom is 0.297 e. The van der Waals surface area contributed by atoms with E-state index in [1.165, 1.54) is 14.2 Å². The summed E-state index contributed by atoms with van der Waals surface area (Å²) in [5.74, 6) is -0.424. The summed E-state index contributed by atoms with van der Waals surface area (Å²) in [5.41, 5.74) is 0. The maximum atomic E-state index is 5.54. The third-order valence-electron chi connectivity index (χ3n) is 1.58. The minimum atomic E-state index is -1.07. The third kappa shape index (κ3) is 5.28. The maximum absolute atomic E-state index is 5.54. The summed E-state index contributed by atoms with van der Waals surface area (Å²) >= 11 is 5.54. The van der Waals surface area contributed by atoms with Gasteiger partial charge in [0.2, 0.25) is 9.76 Å². The van der Waals surface area contributed by atoms with Crippen molar-refractivity contribution in [3.05, 3.63) is 0 Å². The molecule has 0 aliphatic carbocycles. The highest BCUT2D eigenvalue weighted by Gasteiger charge is 2.30. The minimum Gasteiger partial charge on any atom is -0.376 e. The van der Waals surface area contributed by atoms with Crippen molar-refractivity contribution in [1.29, 1.82) is 0 Å². The van der Waals surface area contributed by atoms with E-state index in [2.05, 4.69) is 0 Å². The average molecular weight is 241 g/mol. The molecule has 2 radical (unpaired) electrons. The molecule has 0 rings (SSSR count). The van der Waals surface area contributed by atoms with Gasteiger partial charge in [-0.3, -0.25) is 0 Å². The SMILES string of the molecule is COCC(OC)(OC)O[Si]CCCCl. The Kier molecular flexibility index (Phi) is 8.85. The Bertz CT molecular complexity index is 133. The molecule has 0 N–H and O–H groups in total. The first-order valence-electron chi connectivity index (χ1n) is 4.30. The third-order valence-corrected chi connectivity index (χ3v) is 2.86. The van der Waals surface area contributed by atoms with Crippen LogP contribution in [0.4, 0.5) is 0 Å². The lowest BCUT2D eigenvalue weighted by Gasteiger charge is -2.29. The second-order valence-electron chi connectivity index (χ2n) is 2.56. The van der Waals surface area contributed by atoms with Crippen molar-refractivity contribution in [2.75, 3.05) is 33.8 Å². The fourth-order valence-corrected chi connectivity index (χ4v) is 2.02. The molecule has 0 aliphatic rings. The first-order chi connectivity index (χ1) is 6.74. The number of hydrogen-bond donors (Lipinski definition) is 0. The molecule has 0 heterocycles. The molecule has 0 unspecified atom stereocenters. The number of hydrogen-bond acceptors (Lipinski definition) is 4. The molecular formula is C8H17ClO4Si. The quantitative estimate of drug-likeness (QED) is 0.263. The van der Waals surface area contributed by atoms with Crippen molar-refractivity contribution in [1.82, 2.24) is 0 Å². The number of ether oxygens (including phenoxy) is 3. The van der Waals surface area contributed by atoms with Crippen LogP contribution in [0.1, 0.15) is 6.42 Å². The summed E-state index contributed by atoms with van der Waals surface area (Å²) in [6, 6.07) is 0.904. The van der Waals surface area contributed by atoms with E-state index in [1.807, 2.05) is 0 Å². The van der Waals surface area contributed by atoms with Crippen LogP contribution in [0.5, 0.6) is 0 Å². The molecule has 0 saturated heterocycles. The minimum absolute atomic E-state index is 0.244. The van der Waals surface area contributed by atoms with Crippen LogP contribution in [0, 0.1) is 0 Å². The molecule has 0 spiro atoms. The van der Waals surface area contributed by atoms with E-state index in [0.29, 0.717) is 15.6 Å². The summed E-state index contributed by atoms with van der Waals surface area (Å²) in [7, 11) is 4.91. The van der Waals surface area contributed by atoms with Gasteiger partial charge in [0, 0.05) is 27.2 Å². The van der Waals surface area contributed by atoms with Gasteiger partial charge in [-0.05, 0) is 12.5 Å². The van der Waals surface area contributed by atoms with Crippen LogP contribution in [0.2, 0.25) is 6.04 Å². The second kappa shape index (κ2) is 8.64.